The Morgan fingerprint density at radius 2 is 1.61 bits per heavy atom. The minimum absolute atomic E-state index is 0.172. The third kappa shape index (κ3) is 3.34. The summed E-state index contributed by atoms with van der Waals surface area (Å²) in [4.78, 5) is 24.6. The minimum atomic E-state index is -0.629. The van der Waals surface area contributed by atoms with Gasteiger partial charge < -0.3 is 15.4 Å². The van der Waals surface area contributed by atoms with Crippen LogP contribution in [0.5, 0.6) is 5.75 Å². The molecule has 2 atom stereocenters. The Labute approximate surface area is 134 Å². The summed E-state index contributed by atoms with van der Waals surface area (Å²) in [6.45, 7) is 0. The number of nitrogens with one attached hydrogen (secondary N) is 2. The van der Waals surface area contributed by atoms with E-state index in [-0.39, 0.29) is 11.8 Å². The van der Waals surface area contributed by atoms with Gasteiger partial charge >= 0.3 is 0 Å². The number of methoxy groups -OCH3 is 1. The summed E-state index contributed by atoms with van der Waals surface area (Å²) in [6.07, 6.45) is 0.447. The van der Waals surface area contributed by atoms with E-state index in [1.165, 1.54) is 0 Å². The molecular formula is C18H18N2O3. The van der Waals surface area contributed by atoms with Gasteiger partial charge in [0.15, 0.2) is 0 Å². The second-order valence-electron chi connectivity index (χ2n) is 5.47. The van der Waals surface area contributed by atoms with Crippen LogP contribution in [0.15, 0.2) is 54.6 Å². The van der Waals surface area contributed by atoms with Gasteiger partial charge in [-0.15, -0.1) is 0 Å². The maximum absolute atomic E-state index is 12.3. The van der Waals surface area contributed by atoms with Gasteiger partial charge in [0, 0.05) is 6.42 Å². The van der Waals surface area contributed by atoms with Gasteiger partial charge in [-0.25, -0.2) is 0 Å². The van der Waals surface area contributed by atoms with Gasteiger partial charge in [0.2, 0.25) is 11.8 Å². The summed E-state index contributed by atoms with van der Waals surface area (Å²) in [6, 6.07) is 15.5. The highest BCUT2D eigenvalue weighted by molar-refractivity contribution is 5.97. The molecule has 1 heterocycles. The van der Waals surface area contributed by atoms with Gasteiger partial charge in [-0.05, 0) is 23.3 Å². The third-order valence-electron chi connectivity index (χ3n) is 3.91. The van der Waals surface area contributed by atoms with Crippen molar-refractivity contribution < 1.29 is 14.3 Å². The van der Waals surface area contributed by atoms with Crippen molar-refractivity contribution in [1.29, 1.82) is 0 Å². The average Bonchev–Trinajstić information content (AvgIpc) is 2.59. The van der Waals surface area contributed by atoms with E-state index in [2.05, 4.69) is 10.6 Å². The molecule has 0 unspecified atom stereocenters. The van der Waals surface area contributed by atoms with Gasteiger partial charge in [-0.1, -0.05) is 42.5 Å². The van der Waals surface area contributed by atoms with Crippen molar-refractivity contribution in [3.8, 4) is 5.75 Å². The topological polar surface area (TPSA) is 67.4 Å². The normalized spacial score (nSPS) is 20.6. The Hall–Kier alpha value is -2.82. The molecule has 0 aromatic heterocycles. The van der Waals surface area contributed by atoms with Crippen molar-refractivity contribution in [2.45, 2.75) is 18.5 Å². The molecule has 1 saturated heterocycles. The summed E-state index contributed by atoms with van der Waals surface area (Å²) in [7, 11) is 1.60. The zero-order chi connectivity index (χ0) is 16.2. The highest BCUT2D eigenvalue weighted by atomic mass is 16.5. The fraction of sp³-hybridized carbons (Fsp3) is 0.222. The molecular weight excluding hydrogens is 292 g/mol. The molecule has 118 valence electrons. The molecule has 2 N–H and O–H groups in total. The van der Waals surface area contributed by atoms with Gasteiger partial charge in [0.25, 0.3) is 0 Å². The molecule has 3 rings (SSSR count). The molecule has 1 aliphatic heterocycles. The first-order chi connectivity index (χ1) is 11.2. The summed E-state index contributed by atoms with van der Waals surface area (Å²) >= 11 is 0. The van der Waals surface area contributed by atoms with Gasteiger partial charge in [-0.3, -0.25) is 9.59 Å². The summed E-state index contributed by atoms with van der Waals surface area (Å²) in [5.74, 6) is 0.401. The molecule has 2 aromatic carbocycles. The van der Waals surface area contributed by atoms with Crippen LogP contribution in [0, 0.1) is 0 Å². The zero-order valence-electron chi connectivity index (χ0n) is 12.8. The van der Waals surface area contributed by atoms with Crippen LogP contribution in [0.25, 0.3) is 0 Å². The number of hydrogen-bond acceptors (Lipinski definition) is 3. The van der Waals surface area contributed by atoms with Crippen LogP contribution < -0.4 is 15.4 Å². The molecule has 23 heavy (non-hydrogen) atoms. The molecule has 2 amide bonds. The monoisotopic (exact) mass is 310 g/mol. The molecule has 0 spiro atoms. The lowest BCUT2D eigenvalue weighted by Crippen LogP contribution is -2.58. The van der Waals surface area contributed by atoms with E-state index >= 15 is 0 Å². The Morgan fingerprint density at radius 1 is 0.913 bits per heavy atom. The highest BCUT2D eigenvalue weighted by Gasteiger charge is 2.34. The Bertz CT molecular complexity index is 698. The van der Waals surface area contributed by atoms with Crippen LogP contribution in [0.3, 0.4) is 0 Å². The largest absolute Gasteiger partial charge is 0.497 e. The molecule has 5 nitrogen and oxygen atoms in total. The molecule has 0 radical (unpaired) electrons. The van der Waals surface area contributed by atoms with Crippen LogP contribution in [-0.4, -0.2) is 25.0 Å². The first-order valence-corrected chi connectivity index (χ1v) is 7.46. The van der Waals surface area contributed by atoms with E-state index in [1.807, 2.05) is 54.6 Å². The number of benzene rings is 2. The first kappa shape index (κ1) is 15.1. The second-order valence-corrected chi connectivity index (χ2v) is 5.47. The molecule has 1 fully saturated rings. The Kier molecular flexibility index (Phi) is 4.28. The lowest BCUT2D eigenvalue weighted by Gasteiger charge is -2.30. The maximum atomic E-state index is 12.3. The lowest BCUT2D eigenvalue weighted by atomic mass is 9.98. The highest BCUT2D eigenvalue weighted by Crippen LogP contribution is 2.18. The number of carbonyl (C=O) groups is 2. The standard InChI is InChI=1S/C18H18N2O3/c1-23-14-9-7-12(8-10-14)11-15-17(21)20-16(18(22)19-15)13-5-3-2-4-6-13/h2-10,15-16H,11H2,1H3,(H,19,22)(H,20,21)/t15-,16-/m0/s1. The van der Waals surface area contributed by atoms with Crippen molar-refractivity contribution in [3.63, 3.8) is 0 Å². The van der Waals surface area contributed by atoms with Crippen LogP contribution in [0.2, 0.25) is 0 Å². The minimum Gasteiger partial charge on any atom is -0.497 e. The van der Waals surface area contributed by atoms with Gasteiger partial charge in [-0.2, -0.15) is 0 Å². The predicted octanol–water partition coefficient (Wildman–Crippen LogP) is 1.59. The van der Waals surface area contributed by atoms with E-state index in [1.54, 1.807) is 7.11 Å². The van der Waals surface area contributed by atoms with Crippen LogP contribution in [0.1, 0.15) is 17.2 Å². The maximum Gasteiger partial charge on any atom is 0.247 e. The fourth-order valence-corrected chi connectivity index (χ4v) is 2.65. The molecule has 1 aliphatic rings. The van der Waals surface area contributed by atoms with E-state index in [9.17, 15) is 9.59 Å². The predicted molar refractivity (Wildman–Crippen MR) is 86.0 cm³/mol. The van der Waals surface area contributed by atoms with Crippen molar-refractivity contribution in [2.24, 2.45) is 0 Å². The Balaban J connectivity index is 1.69. The SMILES string of the molecule is COc1ccc(C[C@@H]2NC(=O)[C@H](c3ccccc3)NC2=O)cc1. The average molecular weight is 310 g/mol. The number of carbonyl (C=O) groups excluding carboxylic acids is 2. The van der Waals surface area contributed by atoms with Crippen molar-refractivity contribution in [2.75, 3.05) is 7.11 Å². The van der Waals surface area contributed by atoms with Crippen molar-refractivity contribution >= 4 is 11.8 Å². The third-order valence-corrected chi connectivity index (χ3v) is 3.91. The number of ether oxygens (including phenoxy) is 1. The lowest BCUT2D eigenvalue weighted by molar-refractivity contribution is -0.136. The quantitative estimate of drug-likeness (QED) is 0.901. The second kappa shape index (κ2) is 6.52. The van der Waals surface area contributed by atoms with Crippen molar-refractivity contribution in [1.82, 2.24) is 10.6 Å². The number of piperazine rings is 1. The van der Waals surface area contributed by atoms with Crippen LogP contribution >= 0.6 is 0 Å². The molecule has 5 heteroatoms. The van der Waals surface area contributed by atoms with E-state index < -0.39 is 12.1 Å². The van der Waals surface area contributed by atoms with Gasteiger partial charge in [0.05, 0.1) is 7.11 Å². The number of amides is 2. The zero-order valence-corrected chi connectivity index (χ0v) is 12.8. The Morgan fingerprint density at radius 3 is 2.26 bits per heavy atom. The van der Waals surface area contributed by atoms with E-state index in [0.717, 1.165) is 16.9 Å². The molecule has 0 bridgehead atoms. The molecule has 2 aromatic rings. The number of hydrogen-bond donors (Lipinski definition) is 2. The summed E-state index contributed by atoms with van der Waals surface area (Å²) in [5.41, 5.74) is 1.74. The summed E-state index contributed by atoms with van der Waals surface area (Å²) < 4.78 is 5.11. The number of rotatable bonds is 4. The van der Waals surface area contributed by atoms with E-state index in [0.29, 0.717) is 6.42 Å². The summed E-state index contributed by atoms with van der Waals surface area (Å²) in [5, 5.41) is 5.61. The van der Waals surface area contributed by atoms with Crippen molar-refractivity contribution in [3.05, 3.63) is 65.7 Å². The molecule has 0 aliphatic carbocycles. The van der Waals surface area contributed by atoms with Crippen LogP contribution in [-0.2, 0) is 16.0 Å². The fourth-order valence-electron chi connectivity index (χ4n) is 2.65. The smallest absolute Gasteiger partial charge is 0.247 e. The first-order valence-electron chi connectivity index (χ1n) is 7.46. The molecule has 0 saturated carbocycles. The van der Waals surface area contributed by atoms with Crippen LogP contribution in [0.4, 0.5) is 0 Å². The van der Waals surface area contributed by atoms with Gasteiger partial charge in [0.1, 0.15) is 17.8 Å². The van der Waals surface area contributed by atoms with E-state index in [4.69, 9.17) is 4.74 Å².